The Balaban J connectivity index is 4.45. The molecule has 0 aliphatic carbocycles. The van der Waals surface area contributed by atoms with E-state index in [1.54, 1.807) is 0 Å². The van der Waals surface area contributed by atoms with Crippen molar-refractivity contribution in [3.8, 4) is 0 Å². The maximum absolute atomic E-state index is 12.2. The van der Waals surface area contributed by atoms with Crippen LogP contribution in [-0.2, 0) is 18.0 Å². The third-order valence-electron chi connectivity index (χ3n) is 11.5. The predicted molar refractivity (Wildman–Crippen MR) is 217 cm³/mol. The van der Waals surface area contributed by atoms with Crippen LogP contribution in [0, 0.1) is 22.7 Å². The number of hydrogen-bond donors (Lipinski definition) is 2. The minimum Gasteiger partial charge on any atom is -0.494 e. The molecule has 0 saturated heterocycles. The molecule has 0 aromatic heterocycles. The van der Waals surface area contributed by atoms with Gasteiger partial charge in [0.15, 0.2) is 0 Å². The zero-order chi connectivity index (χ0) is 37.2. The van der Waals surface area contributed by atoms with Crippen molar-refractivity contribution in [1.29, 1.82) is 0 Å². The molecule has 50 heavy (non-hydrogen) atoms. The van der Waals surface area contributed by atoms with Crippen LogP contribution in [0.5, 0.6) is 0 Å². The molecule has 0 aromatic rings. The van der Waals surface area contributed by atoms with E-state index < -0.39 is 14.6 Å². The van der Waals surface area contributed by atoms with E-state index in [4.69, 9.17) is 9.00 Å². The van der Waals surface area contributed by atoms with E-state index in [1.807, 2.05) is 0 Å². The summed E-state index contributed by atoms with van der Waals surface area (Å²) in [6.45, 7) is 11.1. The molecule has 0 aliphatic rings. The third-order valence-corrected chi connectivity index (χ3v) is 12.7. The summed E-state index contributed by atoms with van der Waals surface area (Å²) in [6.07, 6.45) is 39.1. The van der Waals surface area contributed by atoms with Crippen LogP contribution in [0.25, 0.3) is 0 Å². The zero-order valence-electron chi connectivity index (χ0n) is 34.5. The minimum absolute atomic E-state index is 0.00903. The van der Waals surface area contributed by atoms with Gasteiger partial charge in [0.05, 0.1) is 25.2 Å². The molecule has 2 N–H and O–H groups in total. The minimum atomic E-state index is -2.82. The molecule has 0 spiro atoms. The van der Waals surface area contributed by atoms with Gasteiger partial charge in [0.1, 0.15) is 0 Å². The molecule has 0 rings (SSSR count). The van der Waals surface area contributed by atoms with Gasteiger partial charge in [-0.05, 0) is 30.1 Å². The Labute approximate surface area is 316 Å². The first-order valence-electron chi connectivity index (χ1n) is 21.8. The van der Waals surface area contributed by atoms with Gasteiger partial charge in [-0.3, -0.25) is 9.04 Å². The van der Waals surface area contributed by atoms with Crippen LogP contribution in [0.4, 0.5) is 0 Å². The molecule has 0 fully saturated rings. The Morgan fingerprint density at radius 2 is 0.800 bits per heavy atom. The highest BCUT2D eigenvalue weighted by atomic mass is 28.3. The molecule has 0 aromatic carbocycles. The van der Waals surface area contributed by atoms with Crippen LogP contribution in [0.2, 0.25) is 0 Å². The van der Waals surface area contributed by atoms with Crippen molar-refractivity contribution in [3.63, 3.8) is 0 Å². The lowest BCUT2D eigenvalue weighted by Crippen LogP contribution is -2.50. The lowest BCUT2D eigenvalue weighted by molar-refractivity contribution is -0.142. The average Bonchev–Trinajstić information content (AvgIpc) is 3.08. The summed E-state index contributed by atoms with van der Waals surface area (Å²) in [6, 6.07) is 0. The van der Waals surface area contributed by atoms with Crippen molar-refractivity contribution in [2.45, 2.75) is 227 Å². The van der Waals surface area contributed by atoms with Gasteiger partial charge in [0, 0.05) is 0 Å². The molecule has 0 amide bonds. The fraction of sp³-hybridized carbons (Fsp3) is 1.00. The van der Waals surface area contributed by atoms with Crippen LogP contribution < -0.4 is 0 Å². The van der Waals surface area contributed by atoms with Crippen LogP contribution in [0.3, 0.4) is 0 Å². The summed E-state index contributed by atoms with van der Waals surface area (Å²) in [5.41, 5.74) is -1.19. The average molecular weight is 745 g/mol. The van der Waals surface area contributed by atoms with Crippen molar-refractivity contribution in [2.75, 3.05) is 19.8 Å². The van der Waals surface area contributed by atoms with E-state index in [9.17, 15) is 14.7 Å². The van der Waals surface area contributed by atoms with Crippen LogP contribution in [0.15, 0.2) is 0 Å². The van der Waals surface area contributed by atoms with E-state index in [-0.39, 0.29) is 25.2 Å². The molecular formula is C42H88O6Si2. The molecule has 0 bridgehead atoms. The molecule has 0 heterocycles. The van der Waals surface area contributed by atoms with Crippen molar-refractivity contribution in [3.05, 3.63) is 0 Å². The molecule has 0 atom stereocenters. The molecular weight excluding hydrogens is 657 g/mol. The number of aliphatic hydroxyl groups is 2. The number of rotatable bonds is 40. The number of aliphatic hydroxyl groups excluding tert-OH is 2. The monoisotopic (exact) mass is 745 g/mol. The standard InChI is InChI=1S/C42H88O6Si2/c1-39(2)32-28-24-20-16-12-8-6-10-14-18-22-26-30-34-41(5,42(36-43,37-44)38-46-50(45)48-47-49)35-31-27-23-19-15-11-7-9-13-17-21-25-29-33-40(3)4/h39-40,43-44H,6-38H2,1-5,49H3. The first kappa shape index (κ1) is 49.7. The number of unbranched alkanes of at least 4 members (excludes halogenated alkanes) is 24. The largest absolute Gasteiger partial charge is 0.800 e. The molecule has 6 nitrogen and oxygen atoms in total. The lowest BCUT2D eigenvalue weighted by Gasteiger charge is -2.47. The normalized spacial score (nSPS) is 12.4. The summed E-state index contributed by atoms with van der Waals surface area (Å²) in [5.74, 6) is 1.69. The lowest BCUT2D eigenvalue weighted by atomic mass is 9.60. The highest BCUT2D eigenvalue weighted by molar-refractivity contribution is 6.26. The van der Waals surface area contributed by atoms with Crippen molar-refractivity contribution < 1.29 is 28.3 Å². The Morgan fingerprint density at radius 1 is 0.520 bits per heavy atom. The first-order chi connectivity index (χ1) is 24.2. The second kappa shape index (κ2) is 34.5. The highest BCUT2D eigenvalue weighted by Crippen LogP contribution is 2.47. The van der Waals surface area contributed by atoms with E-state index >= 15 is 0 Å². The smallest absolute Gasteiger partial charge is 0.494 e. The van der Waals surface area contributed by atoms with Gasteiger partial charge >= 0.3 is 9.17 Å². The summed E-state index contributed by atoms with van der Waals surface area (Å²) >= 11 is 0. The fourth-order valence-electron chi connectivity index (χ4n) is 7.67. The molecule has 0 radical (unpaired) electrons. The Bertz CT molecular complexity index is 693. The molecule has 0 unspecified atom stereocenters. The van der Waals surface area contributed by atoms with Crippen LogP contribution >= 0.6 is 0 Å². The topological polar surface area (TPSA) is 85.2 Å². The summed E-state index contributed by atoms with van der Waals surface area (Å²) in [7, 11) is -2.51. The quantitative estimate of drug-likeness (QED) is 0.0281. The van der Waals surface area contributed by atoms with Crippen LogP contribution in [0.1, 0.15) is 227 Å². The van der Waals surface area contributed by atoms with Crippen molar-refractivity contribution >= 4 is 19.7 Å². The maximum atomic E-state index is 12.2. The molecule has 0 aliphatic heterocycles. The molecule has 300 valence electrons. The second-order valence-electron chi connectivity index (χ2n) is 17.0. The Hall–Kier alpha value is -0.286. The van der Waals surface area contributed by atoms with Crippen LogP contribution in [-0.4, -0.2) is 49.7 Å². The predicted octanol–water partition coefficient (Wildman–Crippen LogP) is 11.6. The van der Waals surface area contributed by atoms with Gasteiger partial charge in [-0.2, -0.15) is 0 Å². The third kappa shape index (κ3) is 27.3. The van der Waals surface area contributed by atoms with Gasteiger partial charge in [0.25, 0.3) is 0 Å². The van der Waals surface area contributed by atoms with E-state index in [0.29, 0.717) is 10.5 Å². The number of hydrogen-bond acceptors (Lipinski definition) is 6. The highest BCUT2D eigenvalue weighted by Gasteiger charge is 2.48. The fourth-order valence-corrected chi connectivity index (χ4v) is 8.65. The first-order valence-corrected chi connectivity index (χ1v) is 23.8. The SMILES string of the molecule is CC(C)CCCCCCCCCCCCCCCC(C)(CCCCCCCCCCCCCCCC(C)C)C(CO)(CO)CO[Si](=O)OO[SiH3]. The molecule has 0 saturated carbocycles. The Morgan fingerprint density at radius 3 is 1.06 bits per heavy atom. The summed E-state index contributed by atoms with van der Waals surface area (Å²) in [5, 5.41) is 21.3. The van der Waals surface area contributed by atoms with Crippen molar-refractivity contribution in [2.24, 2.45) is 22.7 Å². The Kier molecular flexibility index (Phi) is 34.3. The van der Waals surface area contributed by atoms with Crippen molar-refractivity contribution in [1.82, 2.24) is 0 Å². The second-order valence-corrected chi connectivity index (χ2v) is 18.3. The van der Waals surface area contributed by atoms with E-state index in [2.05, 4.69) is 39.2 Å². The maximum Gasteiger partial charge on any atom is 0.800 e. The molecule has 8 heteroatoms. The van der Waals surface area contributed by atoms with E-state index in [1.165, 1.54) is 167 Å². The van der Waals surface area contributed by atoms with E-state index in [0.717, 1.165) is 37.5 Å². The van der Waals surface area contributed by atoms with Gasteiger partial charge in [0.2, 0.25) is 10.5 Å². The summed E-state index contributed by atoms with van der Waals surface area (Å²) < 4.78 is 27.1. The zero-order valence-corrected chi connectivity index (χ0v) is 37.5. The van der Waals surface area contributed by atoms with Gasteiger partial charge in [-0.25, -0.2) is 0 Å². The van der Waals surface area contributed by atoms with Gasteiger partial charge in [-0.15, -0.1) is 0 Å². The van der Waals surface area contributed by atoms with Gasteiger partial charge < -0.3 is 19.2 Å². The van der Waals surface area contributed by atoms with Gasteiger partial charge in [-0.1, -0.05) is 214 Å². The summed E-state index contributed by atoms with van der Waals surface area (Å²) in [4.78, 5) is 0.